The van der Waals surface area contributed by atoms with Crippen LogP contribution in [0, 0.1) is 0 Å². The number of phenolic OH excluding ortho intramolecular Hbond substituents is 2. The molecule has 0 saturated heterocycles. The molecule has 0 saturated carbocycles. The SMILES string of the molecule is O=C1/C(=C\c2ccco2)Cc2ccc(O)c(O)c21. The van der Waals surface area contributed by atoms with Gasteiger partial charge in [0, 0.05) is 12.0 Å². The van der Waals surface area contributed by atoms with Gasteiger partial charge in [0.2, 0.25) is 0 Å². The second-order valence-electron chi connectivity index (χ2n) is 4.16. The zero-order valence-corrected chi connectivity index (χ0v) is 9.38. The van der Waals surface area contributed by atoms with Crippen LogP contribution in [0.5, 0.6) is 11.5 Å². The van der Waals surface area contributed by atoms with Gasteiger partial charge in [-0.25, -0.2) is 0 Å². The molecule has 18 heavy (non-hydrogen) atoms. The Balaban J connectivity index is 2.07. The summed E-state index contributed by atoms with van der Waals surface area (Å²) in [6.07, 6.45) is 3.61. The highest BCUT2D eigenvalue weighted by Gasteiger charge is 2.29. The third-order valence-corrected chi connectivity index (χ3v) is 3.00. The summed E-state index contributed by atoms with van der Waals surface area (Å²) in [6, 6.07) is 6.52. The first-order valence-electron chi connectivity index (χ1n) is 5.49. The van der Waals surface area contributed by atoms with Crippen LogP contribution < -0.4 is 0 Å². The molecule has 1 aliphatic carbocycles. The van der Waals surface area contributed by atoms with E-state index in [0.29, 0.717) is 23.3 Å². The van der Waals surface area contributed by atoms with Crippen LogP contribution in [0.15, 0.2) is 40.5 Å². The van der Waals surface area contributed by atoms with Crippen LogP contribution in [0.4, 0.5) is 0 Å². The molecular formula is C14H10O4. The number of carbonyl (C=O) groups excluding carboxylic acids is 1. The average molecular weight is 242 g/mol. The standard InChI is InChI=1S/C14H10O4/c15-11-4-3-8-6-9(7-10-2-1-5-18-10)13(16)12(8)14(11)17/h1-5,7,15,17H,6H2/b9-7-. The number of rotatable bonds is 1. The molecule has 0 amide bonds. The van der Waals surface area contributed by atoms with Crippen molar-refractivity contribution in [1.29, 1.82) is 0 Å². The van der Waals surface area contributed by atoms with Crippen molar-refractivity contribution in [2.24, 2.45) is 0 Å². The van der Waals surface area contributed by atoms with Gasteiger partial charge in [0.15, 0.2) is 17.3 Å². The predicted molar refractivity (Wildman–Crippen MR) is 64.5 cm³/mol. The molecule has 1 aromatic carbocycles. The first kappa shape index (κ1) is 10.7. The van der Waals surface area contributed by atoms with Crippen molar-refractivity contribution in [3.05, 3.63) is 53.0 Å². The van der Waals surface area contributed by atoms with Gasteiger partial charge in [-0.3, -0.25) is 4.79 Å². The van der Waals surface area contributed by atoms with Gasteiger partial charge in [0.1, 0.15) is 5.76 Å². The van der Waals surface area contributed by atoms with Gasteiger partial charge in [-0.05, 0) is 29.8 Å². The summed E-state index contributed by atoms with van der Waals surface area (Å²) in [5, 5.41) is 19.1. The average Bonchev–Trinajstić information content (AvgIpc) is 2.95. The van der Waals surface area contributed by atoms with Gasteiger partial charge < -0.3 is 14.6 Å². The fourth-order valence-corrected chi connectivity index (χ4v) is 2.13. The fraction of sp³-hybridized carbons (Fsp3) is 0.0714. The molecular weight excluding hydrogens is 232 g/mol. The number of hydrogen-bond acceptors (Lipinski definition) is 4. The number of benzene rings is 1. The Hall–Kier alpha value is -2.49. The lowest BCUT2D eigenvalue weighted by atomic mass is 10.1. The van der Waals surface area contributed by atoms with Crippen molar-refractivity contribution in [3.63, 3.8) is 0 Å². The number of carbonyl (C=O) groups is 1. The normalized spacial score (nSPS) is 16.2. The highest BCUT2D eigenvalue weighted by atomic mass is 16.3. The maximum Gasteiger partial charge on any atom is 0.193 e. The summed E-state index contributed by atoms with van der Waals surface area (Å²) in [7, 11) is 0. The summed E-state index contributed by atoms with van der Waals surface area (Å²) >= 11 is 0. The largest absolute Gasteiger partial charge is 0.504 e. The highest BCUT2D eigenvalue weighted by Crippen LogP contribution is 2.38. The van der Waals surface area contributed by atoms with E-state index in [4.69, 9.17) is 4.42 Å². The quantitative estimate of drug-likeness (QED) is 0.595. The molecule has 0 spiro atoms. The maximum absolute atomic E-state index is 12.1. The number of hydrogen-bond donors (Lipinski definition) is 2. The molecule has 0 aliphatic heterocycles. The van der Waals surface area contributed by atoms with Gasteiger partial charge in [-0.15, -0.1) is 0 Å². The maximum atomic E-state index is 12.1. The Labute approximate surface area is 103 Å². The van der Waals surface area contributed by atoms with E-state index in [1.54, 1.807) is 24.3 Å². The second kappa shape index (κ2) is 3.77. The van der Waals surface area contributed by atoms with Crippen LogP contribution in [-0.4, -0.2) is 16.0 Å². The van der Waals surface area contributed by atoms with Crippen molar-refractivity contribution in [3.8, 4) is 11.5 Å². The molecule has 4 heteroatoms. The molecule has 90 valence electrons. The molecule has 4 nitrogen and oxygen atoms in total. The van der Waals surface area contributed by atoms with Crippen molar-refractivity contribution in [2.45, 2.75) is 6.42 Å². The first-order valence-corrected chi connectivity index (χ1v) is 5.49. The number of phenols is 2. The summed E-state index contributed by atoms with van der Waals surface area (Å²) in [4.78, 5) is 12.1. The molecule has 0 unspecified atom stereocenters. The molecule has 0 radical (unpaired) electrons. The van der Waals surface area contributed by atoms with Crippen molar-refractivity contribution in [1.82, 2.24) is 0 Å². The third kappa shape index (κ3) is 1.50. The van der Waals surface area contributed by atoms with Gasteiger partial charge >= 0.3 is 0 Å². The lowest BCUT2D eigenvalue weighted by Crippen LogP contribution is -1.95. The Morgan fingerprint density at radius 2 is 2.06 bits per heavy atom. The molecule has 0 fully saturated rings. The van der Waals surface area contributed by atoms with Crippen LogP contribution in [0.2, 0.25) is 0 Å². The van der Waals surface area contributed by atoms with E-state index < -0.39 is 0 Å². The summed E-state index contributed by atoms with van der Waals surface area (Å²) in [5.41, 5.74) is 1.45. The third-order valence-electron chi connectivity index (χ3n) is 3.00. The van der Waals surface area contributed by atoms with E-state index in [0.717, 1.165) is 0 Å². The molecule has 1 aliphatic rings. The number of ketones is 1. The second-order valence-corrected chi connectivity index (χ2v) is 4.16. The molecule has 1 heterocycles. The zero-order valence-electron chi connectivity index (χ0n) is 9.38. The van der Waals surface area contributed by atoms with E-state index in [1.807, 2.05) is 0 Å². The molecule has 0 atom stereocenters. The number of allylic oxidation sites excluding steroid dienone is 1. The van der Waals surface area contributed by atoms with Crippen LogP contribution >= 0.6 is 0 Å². The van der Waals surface area contributed by atoms with Crippen LogP contribution in [0.1, 0.15) is 21.7 Å². The number of furan rings is 1. The van der Waals surface area contributed by atoms with E-state index in [2.05, 4.69) is 0 Å². The Bertz CT molecular complexity index is 651. The molecule has 1 aromatic heterocycles. The van der Waals surface area contributed by atoms with Crippen molar-refractivity contribution in [2.75, 3.05) is 0 Å². The monoisotopic (exact) mass is 242 g/mol. The minimum Gasteiger partial charge on any atom is -0.504 e. The molecule has 3 rings (SSSR count). The van der Waals surface area contributed by atoms with Crippen molar-refractivity contribution < 1.29 is 19.4 Å². The Morgan fingerprint density at radius 3 is 2.78 bits per heavy atom. The van der Waals surface area contributed by atoms with Gasteiger partial charge in [0.25, 0.3) is 0 Å². The highest BCUT2D eigenvalue weighted by molar-refractivity contribution is 6.17. The van der Waals surface area contributed by atoms with Gasteiger partial charge in [-0.2, -0.15) is 0 Å². The number of fused-ring (bicyclic) bond motifs is 1. The zero-order chi connectivity index (χ0) is 12.7. The van der Waals surface area contributed by atoms with Crippen LogP contribution in [-0.2, 0) is 6.42 Å². The summed E-state index contributed by atoms with van der Waals surface area (Å²) in [5.74, 6) is -0.300. The molecule has 0 bridgehead atoms. The van der Waals surface area contributed by atoms with Crippen LogP contribution in [0.3, 0.4) is 0 Å². The topological polar surface area (TPSA) is 70.7 Å². The molecule has 2 N–H and O–H groups in total. The van der Waals surface area contributed by atoms with Crippen LogP contribution in [0.25, 0.3) is 6.08 Å². The van der Waals surface area contributed by atoms with E-state index in [-0.39, 0.29) is 22.8 Å². The fourth-order valence-electron chi connectivity index (χ4n) is 2.13. The predicted octanol–water partition coefficient (Wildman–Crippen LogP) is 2.51. The summed E-state index contributed by atoms with van der Waals surface area (Å²) < 4.78 is 5.16. The van der Waals surface area contributed by atoms with E-state index in [9.17, 15) is 15.0 Å². The molecule has 2 aromatic rings. The van der Waals surface area contributed by atoms with Gasteiger partial charge in [0.05, 0.1) is 11.8 Å². The number of Topliss-reactive ketones (excluding diaryl/α,β-unsaturated/α-hetero) is 1. The summed E-state index contributed by atoms with van der Waals surface area (Å²) in [6.45, 7) is 0. The van der Waals surface area contributed by atoms with Crippen molar-refractivity contribution >= 4 is 11.9 Å². The Kier molecular flexibility index (Phi) is 2.23. The van der Waals surface area contributed by atoms with Gasteiger partial charge in [-0.1, -0.05) is 6.07 Å². The van der Waals surface area contributed by atoms with E-state index >= 15 is 0 Å². The minimum absolute atomic E-state index is 0.188. The lowest BCUT2D eigenvalue weighted by Gasteiger charge is -2.01. The lowest BCUT2D eigenvalue weighted by molar-refractivity contribution is 0.103. The number of aromatic hydroxyl groups is 2. The van der Waals surface area contributed by atoms with E-state index in [1.165, 1.54) is 12.3 Å². The minimum atomic E-state index is -0.347. The Morgan fingerprint density at radius 1 is 1.22 bits per heavy atom. The first-order chi connectivity index (χ1) is 8.66. The smallest absolute Gasteiger partial charge is 0.193 e.